The maximum atomic E-state index is 15.2. The SMILES string of the molecule is Cc1cnc(-c2ccc(-c3ccc(NC(=O)Nc4cccc(C(F)(F)F)c4)cc3F)c3c2C(=O)NC3)[nH]1. The number of fused-ring (bicyclic) bond motifs is 1. The molecule has 7 nitrogen and oxygen atoms in total. The van der Waals surface area contributed by atoms with Gasteiger partial charge in [0.2, 0.25) is 0 Å². The van der Waals surface area contributed by atoms with E-state index in [-0.39, 0.29) is 29.4 Å². The smallest absolute Gasteiger partial charge is 0.348 e. The highest BCUT2D eigenvalue weighted by atomic mass is 19.4. The van der Waals surface area contributed by atoms with Crippen LogP contribution in [0.25, 0.3) is 22.5 Å². The third-order valence-electron chi connectivity index (χ3n) is 5.89. The van der Waals surface area contributed by atoms with Crippen LogP contribution in [0, 0.1) is 12.7 Å². The molecule has 188 valence electrons. The average molecular weight is 509 g/mol. The van der Waals surface area contributed by atoms with Crippen LogP contribution in [-0.2, 0) is 12.7 Å². The number of amides is 3. The van der Waals surface area contributed by atoms with Gasteiger partial charge in [-0.15, -0.1) is 0 Å². The van der Waals surface area contributed by atoms with Crippen LogP contribution in [0.5, 0.6) is 0 Å². The van der Waals surface area contributed by atoms with Gasteiger partial charge in [0.15, 0.2) is 0 Å². The van der Waals surface area contributed by atoms with Gasteiger partial charge < -0.3 is 20.9 Å². The van der Waals surface area contributed by atoms with Crippen molar-refractivity contribution in [1.29, 1.82) is 0 Å². The molecule has 0 saturated heterocycles. The van der Waals surface area contributed by atoms with Crippen molar-refractivity contribution in [3.8, 4) is 22.5 Å². The second-order valence-electron chi connectivity index (χ2n) is 8.46. The molecule has 0 radical (unpaired) electrons. The zero-order valence-electron chi connectivity index (χ0n) is 19.3. The highest BCUT2D eigenvalue weighted by molar-refractivity contribution is 6.06. The Kier molecular flexibility index (Phi) is 5.90. The summed E-state index contributed by atoms with van der Waals surface area (Å²) in [4.78, 5) is 32.3. The molecule has 0 fully saturated rings. The number of alkyl halides is 3. The highest BCUT2D eigenvalue weighted by Gasteiger charge is 2.31. The van der Waals surface area contributed by atoms with E-state index in [1.165, 1.54) is 24.3 Å². The highest BCUT2D eigenvalue weighted by Crippen LogP contribution is 2.37. The van der Waals surface area contributed by atoms with E-state index in [1.54, 1.807) is 18.3 Å². The number of benzene rings is 3. The van der Waals surface area contributed by atoms with Crippen LogP contribution >= 0.6 is 0 Å². The zero-order valence-corrected chi connectivity index (χ0v) is 19.3. The van der Waals surface area contributed by atoms with Crippen LogP contribution in [-0.4, -0.2) is 21.9 Å². The van der Waals surface area contributed by atoms with E-state index in [4.69, 9.17) is 0 Å². The van der Waals surface area contributed by atoms with Crippen molar-refractivity contribution in [2.24, 2.45) is 0 Å². The van der Waals surface area contributed by atoms with Gasteiger partial charge in [-0.2, -0.15) is 13.2 Å². The molecule has 1 aliphatic rings. The van der Waals surface area contributed by atoms with E-state index in [1.807, 2.05) is 6.92 Å². The molecule has 3 aromatic carbocycles. The van der Waals surface area contributed by atoms with Crippen LogP contribution < -0.4 is 16.0 Å². The minimum absolute atomic E-state index is 0.0658. The van der Waals surface area contributed by atoms with Gasteiger partial charge in [-0.1, -0.05) is 12.1 Å². The number of nitrogens with one attached hydrogen (secondary N) is 4. The van der Waals surface area contributed by atoms with Gasteiger partial charge in [0.1, 0.15) is 11.6 Å². The first-order valence-electron chi connectivity index (χ1n) is 11.1. The average Bonchev–Trinajstić information content (AvgIpc) is 3.44. The molecule has 1 aromatic heterocycles. The normalized spacial score (nSPS) is 12.7. The fourth-order valence-corrected chi connectivity index (χ4v) is 4.23. The number of anilines is 2. The molecule has 3 amide bonds. The Morgan fingerprint density at radius 1 is 0.973 bits per heavy atom. The maximum absolute atomic E-state index is 15.2. The van der Waals surface area contributed by atoms with Crippen molar-refractivity contribution < 1.29 is 27.2 Å². The topological polar surface area (TPSA) is 98.9 Å². The second-order valence-corrected chi connectivity index (χ2v) is 8.46. The Morgan fingerprint density at radius 3 is 2.35 bits per heavy atom. The molecule has 11 heteroatoms. The number of H-pyrrole nitrogens is 1. The van der Waals surface area contributed by atoms with Gasteiger partial charge in [0.05, 0.1) is 11.1 Å². The summed E-state index contributed by atoms with van der Waals surface area (Å²) in [6.45, 7) is 2.06. The molecule has 1 aliphatic heterocycles. The second kappa shape index (κ2) is 9.08. The molecule has 0 unspecified atom stereocenters. The molecular formula is C26H19F4N5O2. The van der Waals surface area contributed by atoms with Gasteiger partial charge >= 0.3 is 12.2 Å². The fraction of sp³-hybridized carbons (Fsp3) is 0.115. The summed E-state index contributed by atoms with van der Waals surface area (Å²) < 4.78 is 53.8. The van der Waals surface area contributed by atoms with E-state index in [0.29, 0.717) is 28.1 Å². The Labute approximate surface area is 207 Å². The maximum Gasteiger partial charge on any atom is 0.416 e. The predicted octanol–water partition coefficient (Wildman–Crippen LogP) is 6.10. The summed E-state index contributed by atoms with van der Waals surface area (Å²) >= 11 is 0. The number of hydrogen-bond donors (Lipinski definition) is 4. The van der Waals surface area contributed by atoms with Gasteiger partial charge in [-0.25, -0.2) is 14.2 Å². The van der Waals surface area contributed by atoms with E-state index in [9.17, 15) is 22.8 Å². The van der Waals surface area contributed by atoms with Crippen LogP contribution in [0.1, 0.15) is 27.2 Å². The Hall–Kier alpha value is -4.67. The van der Waals surface area contributed by atoms with Crippen LogP contribution in [0.15, 0.2) is 60.8 Å². The van der Waals surface area contributed by atoms with Gasteiger partial charge in [0.25, 0.3) is 5.91 Å². The summed E-state index contributed by atoms with van der Waals surface area (Å²) in [5.41, 5.74) is 2.32. The number of aromatic amines is 1. The lowest BCUT2D eigenvalue weighted by Crippen LogP contribution is -2.20. The van der Waals surface area contributed by atoms with Gasteiger partial charge in [0, 0.05) is 40.9 Å². The summed E-state index contributed by atoms with van der Waals surface area (Å²) in [6, 6.07) is 10.8. The van der Waals surface area contributed by atoms with Gasteiger partial charge in [-0.05, 0) is 60.5 Å². The molecule has 37 heavy (non-hydrogen) atoms. The Morgan fingerprint density at radius 2 is 1.68 bits per heavy atom. The summed E-state index contributed by atoms with van der Waals surface area (Å²) in [7, 11) is 0. The number of rotatable bonds is 4. The summed E-state index contributed by atoms with van der Waals surface area (Å²) in [5.74, 6) is -0.407. The predicted molar refractivity (Wildman–Crippen MR) is 129 cm³/mol. The number of aryl methyl sites for hydroxylation is 1. The molecule has 4 aromatic rings. The summed E-state index contributed by atoms with van der Waals surface area (Å²) in [5, 5.41) is 7.48. The quantitative estimate of drug-likeness (QED) is 0.250. The summed E-state index contributed by atoms with van der Waals surface area (Å²) in [6.07, 6.45) is -2.90. The van der Waals surface area contributed by atoms with Crippen molar-refractivity contribution in [3.63, 3.8) is 0 Å². The number of carbonyl (C=O) groups excluding carboxylic acids is 2. The standard InChI is InChI=1S/C26H19F4N5O2/c1-13-11-31-23(33-13)19-8-7-17(20-12-32-24(36)22(19)20)18-6-5-16(10-21(18)27)35-25(37)34-15-4-2-3-14(9-15)26(28,29)30/h2-11H,12H2,1H3,(H,31,33)(H,32,36)(H2,34,35,37). The lowest BCUT2D eigenvalue weighted by molar-refractivity contribution is -0.137. The molecule has 4 N–H and O–H groups in total. The molecular weight excluding hydrogens is 490 g/mol. The van der Waals surface area contributed by atoms with Crippen LogP contribution in [0.3, 0.4) is 0 Å². The first kappa shape index (κ1) is 24.0. The van der Waals surface area contributed by atoms with Crippen molar-refractivity contribution >= 4 is 23.3 Å². The number of carbonyl (C=O) groups is 2. The number of halogens is 4. The van der Waals surface area contributed by atoms with E-state index in [0.717, 1.165) is 23.9 Å². The first-order valence-corrected chi connectivity index (χ1v) is 11.1. The molecule has 0 bridgehead atoms. The molecule has 0 atom stereocenters. The van der Waals surface area contributed by atoms with Crippen LogP contribution in [0.4, 0.5) is 33.7 Å². The molecule has 0 saturated carbocycles. The van der Waals surface area contributed by atoms with Crippen molar-refractivity contribution in [2.45, 2.75) is 19.6 Å². The third-order valence-corrected chi connectivity index (χ3v) is 5.89. The Bertz CT molecular complexity index is 1540. The number of nitrogens with zero attached hydrogens (tertiary/aromatic N) is 1. The molecule has 0 spiro atoms. The number of urea groups is 1. The minimum atomic E-state index is -4.55. The van der Waals surface area contributed by atoms with E-state index < -0.39 is 23.6 Å². The molecule has 0 aliphatic carbocycles. The Balaban J connectivity index is 1.39. The largest absolute Gasteiger partial charge is 0.416 e. The van der Waals surface area contributed by atoms with E-state index >= 15 is 4.39 Å². The lowest BCUT2D eigenvalue weighted by atomic mass is 9.92. The van der Waals surface area contributed by atoms with Crippen molar-refractivity contribution in [2.75, 3.05) is 10.6 Å². The number of hydrogen-bond acceptors (Lipinski definition) is 3. The van der Waals surface area contributed by atoms with Crippen molar-refractivity contribution in [3.05, 3.63) is 89.0 Å². The van der Waals surface area contributed by atoms with Crippen LogP contribution in [0.2, 0.25) is 0 Å². The zero-order chi connectivity index (χ0) is 26.3. The van der Waals surface area contributed by atoms with Crippen molar-refractivity contribution in [1.82, 2.24) is 15.3 Å². The number of aromatic nitrogens is 2. The van der Waals surface area contributed by atoms with E-state index in [2.05, 4.69) is 25.9 Å². The number of imidazole rings is 1. The molecule has 2 heterocycles. The minimum Gasteiger partial charge on any atom is -0.348 e. The monoisotopic (exact) mass is 509 g/mol. The lowest BCUT2D eigenvalue weighted by Gasteiger charge is -2.13. The third kappa shape index (κ3) is 4.75. The van der Waals surface area contributed by atoms with Gasteiger partial charge in [-0.3, -0.25) is 4.79 Å². The fourth-order valence-electron chi connectivity index (χ4n) is 4.23. The molecule has 5 rings (SSSR count). The first-order chi connectivity index (χ1) is 17.6.